The van der Waals surface area contributed by atoms with E-state index in [1.807, 2.05) is 31.2 Å². The van der Waals surface area contributed by atoms with Gasteiger partial charge in [0.1, 0.15) is 23.0 Å². The van der Waals surface area contributed by atoms with Crippen LogP contribution in [0.15, 0.2) is 38.0 Å². The average Bonchev–Trinajstić information content (AvgIpc) is 3.23. The molecule has 3 heterocycles. The van der Waals surface area contributed by atoms with Gasteiger partial charge in [0.05, 0.1) is 30.3 Å². The lowest BCUT2D eigenvalue weighted by Crippen LogP contribution is -2.25. The summed E-state index contributed by atoms with van der Waals surface area (Å²) in [5.41, 5.74) is 1.98. The van der Waals surface area contributed by atoms with Crippen molar-refractivity contribution in [2.75, 3.05) is 7.11 Å². The van der Waals surface area contributed by atoms with Crippen LogP contribution in [0.5, 0.6) is 5.75 Å². The van der Waals surface area contributed by atoms with Crippen LogP contribution in [0.1, 0.15) is 22.9 Å². The van der Waals surface area contributed by atoms with Crippen molar-refractivity contribution in [1.29, 1.82) is 0 Å². The molecule has 0 fully saturated rings. The van der Waals surface area contributed by atoms with Gasteiger partial charge in [0, 0.05) is 0 Å². The third kappa shape index (κ3) is 2.79. The van der Waals surface area contributed by atoms with Gasteiger partial charge >= 0.3 is 0 Å². The summed E-state index contributed by atoms with van der Waals surface area (Å²) in [6, 6.07) is 7.46. The molecule has 4 aromatic rings. The molecule has 0 saturated heterocycles. The van der Waals surface area contributed by atoms with E-state index in [0.717, 1.165) is 5.56 Å². The number of para-hydroxylation sites is 1. The Morgan fingerprint density at radius 3 is 2.70 bits per heavy atom. The average molecular weight is 366 g/mol. The summed E-state index contributed by atoms with van der Waals surface area (Å²) in [6.07, 6.45) is 0. The van der Waals surface area contributed by atoms with Crippen LogP contribution in [0.25, 0.3) is 22.4 Å². The first-order valence-electron chi connectivity index (χ1n) is 8.43. The van der Waals surface area contributed by atoms with E-state index in [2.05, 4.69) is 15.2 Å². The first-order valence-corrected chi connectivity index (χ1v) is 8.43. The van der Waals surface area contributed by atoms with Gasteiger partial charge in [-0.15, -0.1) is 0 Å². The van der Waals surface area contributed by atoms with Crippen LogP contribution in [-0.4, -0.2) is 27.0 Å². The predicted octanol–water partition coefficient (Wildman–Crippen LogP) is 3.02. The van der Waals surface area contributed by atoms with Crippen molar-refractivity contribution in [2.24, 2.45) is 0 Å². The molecule has 0 unspecified atom stereocenters. The molecular weight excluding hydrogens is 348 g/mol. The number of benzene rings is 1. The zero-order valence-electron chi connectivity index (χ0n) is 15.4. The summed E-state index contributed by atoms with van der Waals surface area (Å²) in [5.74, 6) is 2.29. The van der Waals surface area contributed by atoms with E-state index in [1.165, 1.54) is 4.68 Å². The quantitative estimate of drug-likeness (QED) is 0.548. The lowest BCUT2D eigenvalue weighted by molar-refractivity contribution is 0.405. The molecule has 0 N–H and O–H groups in total. The topological polar surface area (TPSA) is 96.2 Å². The number of methoxy groups -OCH3 is 1. The third-order valence-corrected chi connectivity index (χ3v) is 4.46. The molecule has 3 aromatic heterocycles. The highest BCUT2D eigenvalue weighted by Gasteiger charge is 2.19. The van der Waals surface area contributed by atoms with Gasteiger partial charge < -0.3 is 13.7 Å². The van der Waals surface area contributed by atoms with Crippen molar-refractivity contribution in [2.45, 2.75) is 27.3 Å². The fourth-order valence-corrected chi connectivity index (χ4v) is 3.10. The highest BCUT2D eigenvalue weighted by Crippen LogP contribution is 2.30. The van der Waals surface area contributed by atoms with E-state index >= 15 is 0 Å². The number of fused-ring (bicyclic) bond motifs is 1. The third-order valence-electron chi connectivity index (χ3n) is 4.46. The second-order valence-electron chi connectivity index (χ2n) is 6.23. The van der Waals surface area contributed by atoms with Gasteiger partial charge in [0.25, 0.3) is 5.56 Å². The molecule has 0 bridgehead atoms. The molecule has 27 heavy (non-hydrogen) atoms. The molecule has 8 nitrogen and oxygen atoms in total. The van der Waals surface area contributed by atoms with Gasteiger partial charge in [-0.1, -0.05) is 17.3 Å². The van der Waals surface area contributed by atoms with Crippen molar-refractivity contribution in [3.63, 3.8) is 0 Å². The molecule has 0 radical (unpaired) electrons. The van der Waals surface area contributed by atoms with Crippen LogP contribution in [0, 0.1) is 20.8 Å². The van der Waals surface area contributed by atoms with E-state index in [1.54, 1.807) is 21.0 Å². The fourth-order valence-electron chi connectivity index (χ4n) is 3.10. The summed E-state index contributed by atoms with van der Waals surface area (Å²) < 4.78 is 17.6. The van der Waals surface area contributed by atoms with Crippen LogP contribution < -0.4 is 10.3 Å². The smallest absolute Gasteiger partial charge is 0.297 e. The first kappa shape index (κ1) is 17.0. The summed E-state index contributed by atoms with van der Waals surface area (Å²) in [6.45, 7) is 5.55. The normalized spacial score (nSPS) is 11.3. The van der Waals surface area contributed by atoms with Gasteiger partial charge in [-0.3, -0.25) is 4.79 Å². The summed E-state index contributed by atoms with van der Waals surface area (Å²) in [7, 11) is 1.59. The predicted molar refractivity (Wildman–Crippen MR) is 97.9 cm³/mol. The number of rotatable bonds is 4. The van der Waals surface area contributed by atoms with Crippen LogP contribution in [0.3, 0.4) is 0 Å². The van der Waals surface area contributed by atoms with Crippen LogP contribution >= 0.6 is 0 Å². The number of oxazole rings is 1. The number of hydrogen-bond donors (Lipinski definition) is 0. The number of aromatic nitrogens is 4. The molecule has 0 atom stereocenters. The Kier molecular flexibility index (Phi) is 4.02. The second-order valence-corrected chi connectivity index (χ2v) is 6.23. The maximum Gasteiger partial charge on any atom is 0.297 e. The summed E-state index contributed by atoms with van der Waals surface area (Å²) >= 11 is 0. The number of hydrogen-bond acceptors (Lipinski definition) is 7. The maximum absolute atomic E-state index is 12.7. The lowest BCUT2D eigenvalue weighted by Gasteiger charge is -2.04. The molecule has 1 aromatic carbocycles. The SMILES string of the molecule is COc1ccccc1-c1nc(Cn2nc(C)c3c(C)onc3c2=O)c(C)o1. The molecule has 4 rings (SSSR count). The van der Waals surface area contributed by atoms with Crippen LogP contribution in [0.4, 0.5) is 0 Å². The van der Waals surface area contributed by atoms with Gasteiger partial charge in [-0.05, 0) is 32.9 Å². The van der Waals surface area contributed by atoms with Gasteiger partial charge in [0.15, 0.2) is 5.52 Å². The molecule has 0 spiro atoms. The number of ether oxygens (including phenoxy) is 1. The molecule has 0 aliphatic heterocycles. The largest absolute Gasteiger partial charge is 0.496 e. The molecular formula is C19H18N4O4. The minimum atomic E-state index is -0.325. The van der Waals surface area contributed by atoms with E-state index < -0.39 is 0 Å². The Bertz CT molecular complexity index is 1200. The van der Waals surface area contributed by atoms with E-state index in [4.69, 9.17) is 13.7 Å². The highest BCUT2D eigenvalue weighted by atomic mass is 16.5. The molecule has 0 aliphatic carbocycles. The summed E-state index contributed by atoms with van der Waals surface area (Å²) in [5, 5.41) is 8.91. The van der Waals surface area contributed by atoms with Crippen molar-refractivity contribution < 1.29 is 13.7 Å². The van der Waals surface area contributed by atoms with E-state index in [-0.39, 0.29) is 17.6 Å². The molecule has 0 saturated carbocycles. The monoisotopic (exact) mass is 366 g/mol. The number of aryl methyl sites for hydroxylation is 3. The van der Waals surface area contributed by atoms with E-state index in [9.17, 15) is 4.79 Å². The fraction of sp³-hybridized carbons (Fsp3) is 0.263. The molecule has 0 amide bonds. The molecule has 0 aliphatic rings. The Labute approximate surface area is 154 Å². The van der Waals surface area contributed by atoms with Crippen molar-refractivity contribution >= 4 is 10.9 Å². The lowest BCUT2D eigenvalue weighted by atomic mass is 10.2. The summed E-state index contributed by atoms with van der Waals surface area (Å²) in [4.78, 5) is 17.2. The van der Waals surface area contributed by atoms with Gasteiger partial charge in [0.2, 0.25) is 5.89 Å². The second kappa shape index (κ2) is 6.39. The Morgan fingerprint density at radius 1 is 1.15 bits per heavy atom. The van der Waals surface area contributed by atoms with E-state index in [0.29, 0.717) is 39.9 Å². The minimum Gasteiger partial charge on any atom is -0.496 e. The van der Waals surface area contributed by atoms with Crippen LogP contribution in [0.2, 0.25) is 0 Å². The molecule has 8 heteroatoms. The standard InChI is InChI=1S/C19H18N4O4/c1-10-16-12(3)27-22-17(16)19(24)23(21-10)9-14-11(2)26-18(20-14)13-7-5-6-8-15(13)25-4/h5-8H,9H2,1-4H3. The zero-order chi connectivity index (χ0) is 19.1. The first-order chi connectivity index (χ1) is 13.0. The Hall–Kier alpha value is -3.42. The number of nitrogens with zero attached hydrogens (tertiary/aromatic N) is 4. The minimum absolute atomic E-state index is 0.173. The van der Waals surface area contributed by atoms with Gasteiger partial charge in [-0.2, -0.15) is 5.10 Å². The van der Waals surface area contributed by atoms with Crippen molar-refractivity contribution in [3.05, 3.63) is 57.5 Å². The Morgan fingerprint density at radius 2 is 1.93 bits per heavy atom. The van der Waals surface area contributed by atoms with Crippen LogP contribution in [-0.2, 0) is 6.54 Å². The Balaban J connectivity index is 1.76. The molecule has 138 valence electrons. The van der Waals surface area contributed by atoms with Crippen molar-refractivity contribution in [3.8, 4) is 17.2 Å². The highest BCUT2D eigenvalue weighted by molar-refractivity contribution is 5.81. The maximum atomic E-state index is 12.7. The van der Waals surface area contributed by atoms with Gasteiger partial charge in [-0.25, -0.2) is 9.67 Å². The van der Waals surface area contributed by atoms with Crippen molar-refractivity contribution in [1.82, 2.24) is 19.9 Å². The zero-order valence-corrected chi connectivity index (χ0v) is 15.4.